The van der Waals surface area contributed by atoms with E-state index in [2.05, 4.69) is 124 Å². The fourth-order valence-corrected chi connectivity index (χ4v) is 7.37. The van der Waals surface area contributed by atoms with Crippen LogP contribution in [0.25, 0.3) is 75.6 Å². The van der Waals surface area contributed by atoms with Gasteiger partial charge in [0.05, 0.1) is 22.1 Å². The Morgan fingerprint density at radius 2 is 1.21 bits per heavy atom. The molecular formula is C34H20N2OS. The van der Waals surface area contributed by atoms with Crippen molar-refractivity contribution in [1.29, 1.82) is 0 Å². The fraction of sp³-hybridized carbons (Fsp3) is 0. The van der Waals surface area contributed by atoms with Crippen molar-refractivity contribution in [2.24, 2.45) is 0 Å². The molecule has 0 fully saturated rings. The quantitative estimate of drug-likeness (QED) is 0.230. The number of aromatic nitrogens is 2. The molecule has 5 aromatic carbocycles. The second-order valence-corrected chi connectivity index (χ2v) is 10.8. The van der Waals surface area contributed by atoms with Crippen molar-refractivity contribution in [3.63, 3.8) is 0 Å². The number of rotatable bonds is 2. The summed E-state index contributed by atoms with van der Waals surface area (Å²) in [5.41, 5.74) is 6.51. The van der Waals surface area contributed by atoms with Crippen LogP contribution in [0.1, 0.15) is 0 Å². The van der Waals surface area contributed by atoms with Crippen LogP contribution in [0, 0.1) is 0 Å². The molecule has 4 heteroatoms. The zero-order valence-electron chi connectivity index (χ0n) is 20.3. The minimum atomic E-state index is 0.907. The van der Waals surface area contributed by atoms with E-state index in [4.69, 9.17) is 4.42 Å². The molecule has 9 aromatic rings. The summed E-state index contributed by atoms with van der Waals surface area (Å²) in [6.07, 6.45) is 0. The zero-order valence-corrected chi connectivity index (χ0v) is 21.1. The van der Waals surface area contributed by atoms with Crippen LogP contribution >= 0.6 is 11.3 Å². The molecule has 0 N–H and O–H groups in total. The molecule has 0 spiro atoms. The number of benzene rings is 5. The van der Waals surface area contributed by atoms with Crippen LogP contribution in [-0.4, -0.2) is 9.13 Å². The van der Waals surface area contributed by atoms with Gasteiger partial charge in [-0.25, -0.2) is 0 Å². The molecule has 0 aliphatic heterocycles. The average molecular weight is 505 g/mol. The van der Waals surface area contributed by atoms with E-state index in [1.807, 2.05) is 17.4 Å². The van der Waals surface area contributed by atoms with Crippen molar-refractivity contribution < 1.29 is 4.42 Å². The van der Waals surface area contributed by atoms with Gasteiger partial charge in [-0.2, -0.15) is 0 Å². The monoisotopic (exact) mass is 504 g/mol. The van der Waals surface area contributed by atoms with Crippen LogP contribution in [0.15, 0.2) is 126 Å². The molecular weight excluding hydrogens is 484 g/mol. The molecule has 178 valence electrons. The van der Waals surface area contributed by atoms with E-state index in [1.54, 1.807) is 0 Å². The Bertz CT molecular complexity index is 2260. The fourth-order valence-electron chi connectivity index (χ4n) is 6.15. The van der Waals surface area contributed by atoms with E-state index in [1.165, 1.54) is 53.2 Å². The Labute approximate surface area is 221 Å². The third-order valence-corrected chi connectivity index (χ3v) is 8.89. The number of hydrogen-bond donors (Lipinski definition) is 0. The van der Waals surface area contributed by atoms with Gasteiger partial charge < -0.3 is 8.98 Å². The number of hydrogen-bond acceptors (Lipinski definition) is 2. The van der Waals surface area contributed by atoms with Crippen LogP contribution in [0.5, 0.6) is 0 Å². The second kappa shape index (κ2) is 7.37. The minimum absolute atomic E-state index is 0.907. The molecule has 0 amide bonds. The lowest BCUT2D eigenvalue weighted by Crippen LogP contribution is -1.94. The maximum atomic E-state index is 6.57. The van der Waals surface area contributed by atoms with Gasteiger partial charge in [-0.3, -0.25) is 4.57 Å². The highest BCUT2D eigenvalue weighted by atomic mass is 32.1. The standard InChI is InChI=1S/C34H20N2OS/c1-2-10-21(11-3-1)35-27-15-7-4-12-23(27)26-20-22(18-19-28(26)35)36-33-31(24-13-5-8-16-29(24)37-33)32-25-14-6-9-17-30(25)38-34(32)36/h1-20H. The van der Waals surface area contributed by atoms with Crippen LogP contribution in [0.3, 0.4) is 0 Å². The van der Waals surface area contributed by atoms with Crippen molar-refractivity contribution >= 4 is 75.5 Å². The van der Waals surface area contributed by atoms with Crippen molar-refractivity contribution in [3.05, 3.63) is 121 Å². The molecule has 0 radical (unpaired) electrons. The molecule has 0 saturated carbocycles. The van der Waals surface area contributed by atoms with E-state index >= 15 is 0 Å². The summed E-state index contributed by atoms with van der Waals surface area (Å²) in [5, 5.41) is 7.39. The lowest BCUT2D eigenvalue weighted by atomic mass is 10.1. The molecule has 9 rings (SSSR count). The predicted octanol–water partition coefficient (Wildman–Crippen LogP) is 9.84. The van der Waals surface area contributed by atoms with Gasteiger partial charge in [-0.05, 0) is 48.5 Å². The molecule has 4 heterocycles. The molecule has 0 aliphatic carbocycles. The van der Waals surface area contributed by atoms with E-state index < -0.39 is 0 Å². The number of thiophene rings is 1. The third kappa shape index (κ3) is 2.57. The minimum Gasteiger partial charge on any atom is -0.439 e. The summed E-state index contributed by atoms with van der Waals surface area (Å²) in [6, 6.07) is 43.2. The van der Waals surface area contributed by atoms with E-state index in [-0.39, 0.29) is 0 Å². The van der Waals surface area contributed by atoms with Gasteiger partial charge in [-0.1, -0.05) is 72.8 Å². The molecule has 0 saturated heterocycles. The molecule has 4 aromatic heterocycles. The number of furan rings is 1. The molecule has 38 heavy (non-hydrogen) atoms. The molecule has 0 unspecified atom stereocenters. The Morgan fingerprint density at radius 3 is 2.11 bits per heavy atom. The van der Waals surface area contributed by atoms with Crippen molar-refractivity contribution in [2.75, 3.05) is 0 Å². The van der Waals surface area contributed by atoms with Crippen LogP contribution in [0.2, 0.25) is 0 Å². The highest BCUT2D eigenvalue weighted by Gasteiger charge is 2.23. The SMILES string of the molecule is c1ccc(-n2c3ccccc3c3cc(-n4c5oc6ccccc6c5c5c6ccccc6sc54)ccc32)cc1. The first-order valence-corrected chi connectivity index (χ1v) is 13.6. The highest BCUT2D eigenvalue weighted by molar-refractivity contribution is 7.25. The Hall–Kier alpha value is -4.80. The highest BCUT2D eigenvalue weighted by Crippen LogP contribution is 2.46. The van der Waals surface area contributed by atoms with Crippen molar-refractivity contribution in [3.8, 4) is 11.4 Å². The summed E-state index contributed by atoms with van der Waals surface area (Å²) in [7, 11) is 0. The first-order valence-electron chi connectivity index (χ1n) is 12.8. The summed E-state index contributed by atoms with van der Waals surface area (Å²) in [6.45, 7) is 0. The molecule has 0 atom stereocenters. The summed E-state index contributed by atoms with van der Waals surface area (Å²) < 4.78 is 12.5. The van der Waals surface area contributed by atoms with Crippen molar-refractivity contribution in [2.45, 2.75) is 0 Å². The molecule has 0 aliphatic rings. The summed E-state index contributed by atoms with van der Waals surface area (Å²) in [4.78, 5) is 1.22. The Kier molecular flexibility index (Phi) is 3.93. The topological polar surface area (TPSA) is 23.0 Å². The van der Waals surface area contributed by atoms with Crippen LogP contribution in [0.4, 0.5) is 0 Å². The number of nitrogens with zero attached hydrogens (tertiary/aromatic N) is 2. The smallest absolute Gasteiger partial charge is 0.214 e. The maximum Gasteiger partial charge on any atom is 0.214 e. The van der Waals surface area contributed by atoms with E-state index in [9.17, 15) is 0 Å². The predicted molar refractivity (Wildman–Crippen MR) is 160 cm³/mol. The first-order chi connectivity index (χ1) is 18.9. The number of para-hydroxylation sites is 3. The third-order valence-electron chi connectivity index (χ3n) is 7.74. The maximum absolute atomic E-state index is 6.57. The van der Waals surface area contributed by atoms with Gasteiger partial charge in [0, 0.05) is 37.3 Å². The van der Waals surface area contributed by atoms with Gasteiger partial charge in [-0.15, -0.1) is 11.3 Å². The van der Waals surface area contributed by atoms with Crippen molar-refractivity contribution in [1.82, 2.24) is 9.13 Å². The van der Waals surface area contributed by atoms with Crippen LogP contribution in [-0.2, 0) is 0 Å². The lowest BCUT2D eigenvalue weighted by Gasteiger charge is -2.09. The zero-order chi connectivity index (χ0) is 24.8. The summed E-state index contributed by atoms with van der Waals surface area (Å²) in [5.74, 6) is 0. The van der Waals surface area contributed by atoms with Crippen LogP contribution < -0.4 is 0 Å². The summed E-state index contributed by atoms with van der Waals surface area (Å²) >= 11 is 1.83. The van der Waals surface area contributed by atoms with E-state index in [0.717, 1.165) is 22.4 Å². The molecule has 0 bridgehead atoms. The van der Waals surface area contributed by atoms with Gasteiger partial charge in [0.2, 0.25) is 5.71 Å². The van der Waals surface area contributed by atoms with Gasteiger partial charge in [0.25, 0.3) is 0 Å². The largest absolute Gasteiger partial charge is 0.439 e. The van der Waals surface area contributed by atoms with Gasteiger partial charge in [0.15, 0.2) is 0 Å². The normalized spacial score (nSPS) is 12.2. The average Bonchev–Trinajstić information content (AvgIpc) is 3.69. The molecule has 3 nitrogen and oxygen atoms in total. The van der Waals surface area contributed by atoms with E-state index in [0.29, 0.717) is 0 Å². The Balaban J connectivity index is 1.43. The Morgan fingerprint density at radius 1 is 0.500 bits per heavy atom. The van der Waals surface area contributed by atoms with Gasteiger partial charge >= 0.3 is 0 Å². The van der Waals surface area contributed by atoms with Gasteiger partial charge in [0.1, 0.15) is 10.4 Å². The lowest BCUT2D eigenvalue weighted by molar-refractivity contribution is 0.646. The number of fused-ring (bicyclic) bond motifs is 10. The second-order valence-electron chi connectivity index (χ2n) is 9.78. The first kappa shape index (κ1) is 20.3.